The number of halogens is 1. The summed E-state index contributed by atoms with van der Waals surface area (Å²) in [5, 5.41) is 0.464. The van der Waals surface area contributed by atoms with E-state index in [-0.39, 0.29) is 29.7 Å². The van der Waals surface area contributed by atoms with Gasteiger partial charge in [-0.3, -0.25) is 4.79 Å². The monoisotopic (exact) mass is 481 g/mol. The van der Waals surface area contributed by atoms with Crippen molar-refractivity contribution >= 4 is 41.1 Å². The maximum Gasteiger partial charge on any atom is 0.345 e. The van der Waals surface area contributed by atoms with Crippen LogP contribution in [0, 0.1) is 0 Å². The van der Waals surface area contributed by atoms with E-state index in [9.17, 15) is 9.59 Å². The highest BCUT2D eigenvalue weighted by atomic mass is 35.5. The van der Waals surface area contributed by atoms with E-state index in [0.717, 1.165) is 11.3 Å². The Morgan fingerprint density at radius 1 is 1.09 bits per heavy atom. The summed E-state index contributed by atoms with van der Waals surface area (Å²) in [7, 11) is 1.61. The summed E-state index contributed by atoms with van der Waals surface area (Å²) in [5.41, 5.74) is 1.08. The van der Waals surface area contributed by atoms with Crippen molar-refractivity contribution in [3.63, 3.8) is 0 Å². The summed E-state index contributed by atoms with van der Waals surface area (Å²) in [6, 6.07) is 7.58. The molecule has 0 aliphatic rings. The molecule has 2 rings (SSSR count). The molecule has 8 nitrogen and oxygen atoms in total. The Morgan fingerprint density at radius 2 is 1.78 bits per heavy atom. The van der Waals surface area contributed by atoms with Gasteiger partial charge >= 0.3 is 11.9 Å². The lowest BCUT2D eigenvalue weighted by Crippen LogP contribution is -2.28. The molecule has 0 N–H and O–H groups in total. The van der Waals surface area contributed by atoms with Gasteiger partial charge in [0.05, 0.1) is 20.3 Å². The van der Waals surface area contributed by atoms with Gasteiger partial charge < -0.3 is 19.1 Å². The Hall–Kier alpha value is -2.52. The Kier molecular flexibility index (Phi) is 10.6. The second-order valence-corrected chi connectivity index (χ2v) is 7.73. The number of esters is 2. The van der Waals surface area contributed by atoms with Crippen molar-refractivity contribution in [1.82, 2.24) is 9.97 Å². The van der Waals surface area contributed by atoms with Gasteiger partial charge in [0.1, 0.15) is 22.3 Å². The molecular weight excluding hydrogens is 454 g/mol. The van der Waals surface area contributed by atoms with Gasteiger partial charge in [-0.05, 0) is 44.2 Å². The third kappa shape index (κ3) is 7.27. The first kappa shape index (κ1) is 25.7. The third-order valence-corrected chi connectivity index (χ3v) is 5.25. The zero-order chi connectivity index (χ0) is 23.5. The van der Waals surface area contributed by atoms with E-state index in [1.807, 2.05) is 35.4 Å². The van der Waals surface area contributed by atoms with Crippen LogP contribution in [-0.2, 0) is 20.8 Å². The van der Waals surface area contributed by atoms with E-state index in [2.05, 4.69) is 9.97 Å². The molecule has 0 radical (unpaired) electrons. The molecule has 0 bridgehead atoms. The number of ether oxygens (including phenoxy) is 3. The largest absolute Gasteiger partial charge is 0.497 e. The Labute approximate surface area is 197 Å². The highest BCUT2D eigenvalue weighted by Gasteiger charge is 2.25. The number of carbonyl (C=O) groups is 2. The van der Waals surface area contributed by atoms with E-state index in [4.69, 9.17) is 25.8 Å². The third-order valence-electron chi connectivity index (χ3n) is 4.43. The average molecular weight is 482 g/mol. The standard InChI is InChI=1S/C22H28ClN3O5S/c1-5-30-17(27)8-7-13-26(14-15-9-11-16(29-3)12-10-15)20-18(21(28)31-6-2)19(23)24-22(25-20)32-4/h9-12H,5-8,13-14H2,1-4H3. The molecule has 0 saturated heterocycles. The summed E-state index contributed by atoms with van der Waals surface area (Å²) in [6.07, 6.45) is 2.58. The second kappa shape index (κ2) is 13.1. The minimum atomic E-state index is -0.592. The molecule has 0 saturated carbocycles. The number of benzene rings is 1. The molecule has 1 aromatic carbocycles. The maximum atomic E-state index is 12.7. The highest BCUT2D eigenvalue weighted by Crippen LogP contribution is 2.30. The van der Waals surface area contributed by atoms with Gasteiger partial charge in [-0.15, -0.1) is 0 Å². The first-order valence-corrected chi connectivity index (χ1v) is 11.9. The van der Waals surface area contributed by atoms with Crippen molar-refractivity contribution < 1.29 is 23.8 Å². The molecular formula is C22H28ClN3O5S. The molecule has 0 aliphatic heterocycles. The first-order chi connectivity index (χ1) is 15.4. The molecule has 1 heterocycles. The first-order valence-electron chi connectivity index (χ1n) is 10.3. The van der Waals surface area contributed by atoms with Crippen LogP contribution in [-0.4, -0.2) is 55.0 Å². The molecule has 2 aromatic rings. The fourth-order valence-electron chi connectivity index (χ4n) is 2.96. The molecule has 0 fully saturated rings. The summed E-state index contributed by atoms with van der Waals surface area (Å²) < 4.78 is 15.5. The van der Waals surface area contributed by atoms with Gasteiger partial charge in [0.25, 0.3) is 0 Å². The number of carbonyl (C=O) groups excluding carboxylic acids is 2. The number of nitrogens with zero attached hydrogens (tertiary/aromatic N) is 3. The number of hydrogen-bond acceptors (Lipinski definition) is 9. The number of methoxy groups -OCH3 is 1. The van der Waals surface area contributed by atoms with Crippen LogP contribution in [0.5, 0.6) is 5.75 Å². The van der Waals surface area contributed by atoms with Crippen LogP contribution >= 0.6 is 23.4 Å². The van der Waals surface area contributed by atoms with Crippen LogP contribution in [0.15, 0.2) is 29.4 Å². The lowest BCUT2D eigenvalue weighted by molar-refractivity contribution is -0.143. The van der Waals surface area contributed by atoms with Crippen LogP contribution in [0.1, 0.15) is 42.6 Å². The topological polar surface area (TPSA) is 90.9 Å². The summed E-state index contributed by atoms with van der Waals surface area (Å²) in [4.78, 5) is 35.2. The number of hydrogen-bond donors (Lipinski definition) is 0. The minimum absolute atomic E-state index is 0.0305. The fourth-order valence-corrected chi connectivity index (χ4v) is 3.61. The van der Waals surface area contributed by atoms with E-state index in [0.29, 0.717) is 37.1 Å². The van der Waals surface area contributed by atoms with Crippen LogP contribution in [0.2, 0.25) is 5.15 Å². The predicted octanol–water partition coefficient (Wildman–Crippen LogP) is 4.39. The summed E-state index contributed by atoms with van der Waals surface area (Å²) >= 11 is 7.69. The van der Waals surface area contributed by atoms with Crippen molar-refractivity contribution in [3.8, 4) is 5.75 Å². The zero-order valence-corrected chi connectivity index (χ0v) is 20.3. The number of thioether (sulfide) groups is 1. The van der Waals surface area contributed by atoms with Gasteiger partial charge in [-0.25, -0.2) is 14.8 Å². The van der Waals surface area contributed by atoms with Crippen LogP contribution in [0.25, 0.3) is 0 Å². The van der Waals surface area contributed by atoms with Crippen LogP contribution in [0.4, 0.5) is 5.82 Å². The molecule has 0 unspecified atom stereocenters. The van der Waals surface area contributed by atoms with Crippen molar-refractivity contribution in [2.45, 2.75) is 38.4 Å². The molecule has 0 atom stereocenters. The SMILES string of the molecule is CCOC(=O)CCCN(Cc1ccc(OC)cc1)c1nc(SC)nc(Cl)c1C(=O)OCC. The minimum Gasteiger partial charge on any atom is -0.497 e. The number of anilines is 1. The second-order valence-electron chi connectivity index (χ2n) is 6.60. The summed E-state index contributed by atoms with van der Waals surface area (Å²) in [5.74, 6) is 0.246. The highest BCUT2D eigenvalue weighted by molar-refractivity contribution is 7.98. The smallest absolute Gasteiger partial charge is 0.345 e. The van der Waals surface area contributed by atoms with Crippen LogP contribution < -0.4 is 9.64 Å². The lowest BCUT2D eigenvalue weighted by Gasteiger charge is -2.26. The molecule has 32 heavy (non-hydrogen) atoms. The Balaban J connectivity index is 2.42. The molecule has 10 heteroatoms. The quantitative estimate of drug-likeness (QED) is 0.189. The van der Waals surface area contributed by atoms with Crippen LogP contribution in [0.3, 0.4) is 0 Å². The normalized spacial score (nSPS) is 10.5. The van der Waals surface area contributed by atoms with E-state index >= 15 is 0 Å². The van der Waals surface area contributed by atoms with E-state index in [1.165, 1.54) is 11.8 Å². The Bertz CT molecular complexity index is 911. The lowest BCUT2D eigenvalue weighted by atomic mass is 10.1. The van der Waals surface area contributed by atoms with Gasteiger partial charge in [-0.1, -0.05) is 35.5 Å². The predicted molar refractivity (Wildman–Crippen MR) is 125 cm³/mol. The van der Waals surface area contributed by atoms with Crippen molar-refractivity contribution in [1.29, 1.82) is 0 Å². The zero-order valence-electron chi connectivity index (χ0n) is 18.7. The molecule has 0 aliphatic carbocycles. The van der Waals surface area contributed by atoms with Crippen molar-refractivity contribution in [2.24, 2.45) is 0 Å². The van der Waals surface area contributed by atoms with E-state index in [1.54, 1.807) is 21.0 Å². The summed E-state index contributed by atoms with van der Waals surface area (Å²) in [6.45, 7) is 4.89. The van der Waals surface area contributed by atoms with Gasteiger partial charge in [0.2, 0.25) is 0 Å². The number of aromatic nitrogens is 2. The van der Waals surface area contributed by atoms with E-state index < -0.39 is 5.97 Å². The van der Waals surface area contributed by atoms with Crippen molar-refractivity contribution in [2.75, 3.05) is 38.0 Å². The van der Waals surface area contributed by atoms with Gasteiger partial charge in [0, 0.05) is 19.5 Å². The maximum absolute atomic E-state index is 12.7. The number of rotatable bonds is 12. The molecule has 174 valence electrons. The molecule has 0 amide bonds. The Morgan fingerprint density at radius 3 is 2.38 bits per heavy atom. The van der Waals surface area contributed by atoms with Gasteiger partial charge in [0.15, 0.2) is 5.16 Å². The fraction of sp³-hybridized carbons (Fsp3) is 0.455. The average Bonchev–Trinajstić information content (AvgIpc) is 2.78. The molecule has 1 aromatic heterocycles. The van der Waals surface area contributed by atoms with Gasteiger partial charge in [-0.2, -0.15) is 0 Å². The molecule has 0 spiro atoms. The van der Waals surface area contributed by atoms with Crippen molar-refractivity contribution in [3.05, 3.63) is 40.5 Å².